The van der Waals surface area contributed by atoms with Crippen molar-refractivity contribution in [2.75, 3.05) is 11.4 Å². The lowest BCUT2D eigenvalue weighted by Crippen LogP contribution is -2.26. The van der Waals surface area contributed by atoms with Gasteiger partial charge in [-0.1, -0.05) is 6.07 Å². The van der Waals surface area contributed by atoms with Gasteiger partial charge in [-0.3, -0.25) is 4.31 Å². The van der Waals surface area contributed by atoms with Crippen LogP contribution < -0.4 is 9.04 Å². The van der Waals surface area contributed by atoms with Gasteiger partial charge in [-0.2, -0.15) is 5.10 Å². The molecule has 33 heavy (non-hydrogen) atoms. The van der Waals surface area contributed by atoms with Gasteiger partial charge in [0.25, 0.3) is 10.0 Å². The first-order chi connectivity index (χ1) is 15.8. The van der Waals surface area contributed by atoms with Crippen LogP contribution in [0.15, 0.2) is 84.1 Å². The Labute approximate surface area is 192 Å². The summed E-state index contributed by atoms with van der Waals surface area (Å²) >= 11 is 0. The number of aryl methyl sites for hydroxylation is 2. The second kappa shape index (κ2) is 8.87. The summed E-state index contributed by atoms with van der Waals surface area (Å²) in [4.78, 5) is 17.2. The lowest BCUT2D eigenvalue weighted by Gasteiger charge is -2.20. The van der Waals surface area contributed by atoms with Crippen LogP contribution in [0.5, 0.6) is 5.75 Å². The molecule has 8 nitrogen and oxygen atoms in total. The quantitative estimate of drug-likeness (QED) is 0.318. The zero-order chi connectivity index (χ0) is 23.6. The summed E-state index contributed by atoms with van der Waals surface area (Å²) in [5.41, 5.74) is 2.61. The van der Waals surface area contributed by atoms with Crippen LogP contribution in [0.1, 0.15) is 21.5 Å². The first-order valence-electron chi connectivity index (χ1n) is 10.1. The van der Waals surface area contributed by atoms with Gasteiger partial charge in [0.15, 0.2) is 5.82 Å². The monoisotopic (exact) mass is 462 g/mol. The van der Waals surface area contributed by atoms with Crippen molar-refractivity contribution >= 4 is 21.7 Å². The van der Waals surface area contributed by atoms with E-state index in [2.05, 4.69) is 10.1 Å². The highest BCUT2D eigenvalue weighted by molar-refractivity contribution is 7.92. The highest BCUT2D eigenvalue weighted by atomic mass is 32.2. The molecule has 0 atom stereocenters. The van der Waals surface area contributed by atoms with E-state index >= 15 is 0 Å². The van der Waals surface area contributed by atoms with Crippen LogP contribution in [0.2, 0.25) is 0 Å². The Bertz CT molecular complexity index is 1400. The molecule has 0 spiro atoms. The SMILES string of the molecule is Cc1ccc(S(=O)(=O)N(C)c2ccc(OC(=O)c3cccnc3-n3cccn3)cc2)cc1C. The number of hydrogen-bond acceptors (Lipinski definition) is 6. The summed E-state index contributed by atoms with van der Waals surface area (Å²) in [6, 6.07) is 16.3. The Morgan fingerprint density at radius 2 is 1.73 bits per heavy atom. The molecule has 2 heterocycles. The normalized spacial score (nSPS) is 11.2. The van der Waals surface area contributed by atoms with Crippen molar-refractivity contribution in [1.82, 2.24) is 14.8 Å². The molecule has 4 aromatic rings. The van der Waals surface area contributed by atoms with Gasteiger partial charge in [0.1, 0.15) is 11.3 Å². The molecule has 2 aromatic carbocycles. The number of sulfonamides is 1. The van der Waals surface area contributed by atoms with E-state index in [-0.39, 0.29) is 16.2 Å². The Morgan fingerprint density at radius 3 is 2.39 bits per heavy atom. The van der Waals surface area contributed by atoms with Gasteiger partial charge >= 0.3 is 5.97 Å². The molecular formula is C24H22N4O4S. The van der Waals surface area contributed by atoms with Crippen LogP contribution >= 0.6 is 0 Å². The molecule has 0 amide bonds. The van der Waals surface area contributed by atoms with Gasteiger partial charge in [0.05, 0.1) is 10.6 Å². The van der Waals surface area contributed by atoms with Crippen LogP contribution in [-0.2, 0) is 10.0 Å². The fourth-order valence-corrected chi connectivity index (χ4v) is 4.47. The number of aromatic nitrogens is 3. The minimum absolute atomic E-state index is 0.214. The second-order valence-corrected chi connectivity index (χ2v) is 9.40. The molecule has 0 fully saturated rings. The van der Waals surface area contributed by atoms with Crippen molar-refractivity contribution in [3.63, 3.8) is 0 Å². The number of ether oxygens (including phenoxy) is 1. The third-order valence-electron chi connectivity index (χ3n) is 5.28. The van der Waals surface area contributed by atoms with Crippen molar-refractivity contribution in [3.05, 3.63) is 95.9 Å². The van der Waals surface area contributed by atoms with Gasteiger partial charge < -0.3 is 4.74 Å². The number of pyridine rings is 1. The number of esters is 1. The summed E-state index contributed by atoms with van der Waals surface area (Å²) < 4.78 is 34.2. The fraction of sp³-hybridized carbons (Fsp3) is 0.125. The Kier molecular flexibility index (Phi) is 5.97. The number of anilines is 1. The standard InChI is InChI=1S/C24H22N4O4S/c1-17-7-12-21(16-18(17)2)33(30,31)27(3)19-8-10-20(11-9-19)32-24(29)22-6-4-13-25-23(22)28-15-5-14-26-28/h4-16H,1-3H3. The molecule has 0 saturated heterocycles. The summed E-state index contributed by atoms with van der Waals surface area (Å²) in [5, 5.41) is 4.11. The van der Waals surface area contributed by atoms with Gasteiger partial charge in [-0.25, -0.2) is 22.9 Å². The largest absolute Gasteiger partial charge is 0.423 e. The van der Waals surface area contributed by atoms with Crippen LogP contribution in [-0.4, -0.2) is 36.2 Å². The second-order valence-electron chi connectivity index (χ2n) is 7.43. The summed E-state index contributed by atoms with van der Waals surface area (Å²) in [7, 11) is -2.25. The number of hydrogen-bond donors (Lipinski definition) is 0. The average Bonchev–Trinajstić information content (AvgIpc) is 3.35. The van der Waals surface area contributed by atoms with Crippen molar-refractivity contribution in [2.24, 2.45) is 0 Å². The van der Waals surface area contributed by atoms with E-state index < -0.39 is 16.0 Å². The Hall–Kier alpha value is -3.98. The molecule has 4 rings (SSSR count). The number of carbonyl (C=O) groups is 1. The molecule has 0 aliphatic rings. The van der Waals surface area contributed by atoms with E-state index in [1.807, 2.05) is 13.8 Å². The minimum atomic E-state index is -3.73. The number of carbonyl (C=O) groups excluding carboxylic acids is 1. The van der Waals surface area contributed by atoms with Crippen molar-refractivity contribution in [1.29, 1.82) is 0 Å². The molecule has 0 N–H and O–H groups in total. The average molecular weight is 463 g/mol. The maximum Gasteiger partial charge on any atom is 0.347 e. The van der Waals surface area contributed by atoms with E-state index in [0.717, 1.165) is 11.1 Å². The van der Waals surface area contributed by atoms with Gasteiger partial charge in [0, 0.05) is 25.6 Å². The zero-order valence-electron chi connectivity index (χ0n) is 18.3. The van der Waals surface area contributed by atoms with E-state index in [4.69, 9.17) is 4.74 Å². The first-order valence-corrected chi connectivity index (χ1v) is 11.5. The molecule has 0 saturated carbocycles. The van der Waals surface area contributed by atoms with Crippen molar-refractivity contribution in [2.45, 2.75) is 18.7 Å². The maximum absolute atomic E-state index is 13.0. The molecule has 0 bridgehead atoms. The molecule has 0 unspecified atom stereocenters. The van der Waals surface area contributed by atoms with Gasteiger partial charge in [0.2, 0.25) is 0 Å². The van der Waals surface area contributed by atoms with Crippen LogP contribution in [0.25, 0.3) is 5.82 Å². The molecule has 168 valence electrons. The molecular weight excluding hydrogens is 440 g/mol. The molecule has 2 aromatic heterocycles. The van der Waals surface area contributed by atoms with Crippen LogP contribution in [0, 0.1) is 13.8 Å². The third-order valence-corrected chi connectivity index (χ3v) is 7.06. The molecule has 0 radical (unpaired) electrons. The smallest absolute Gasteiger partial charge is 0.347 e. The van der Waals surface area contributed by atoms with Crippen molar-refractivity contribution in [3.8, 4) is 11.6 Å². The first kappa shape index (κ1) is 22.2. The van der Waals surface area contributed by atoms with E-state index in [9.17, 15) is 13.2 Å². The van der Waals surface area contributed by atoms with Crippen LogP contribution in [0.4, 0.5) is 5.69 Å². The van der Waals surface area contributed by atoms with Crippen LogP contribution in [0.3, 0.4) is 0 Å². The predicted molar refractivity (Wildman–Crippen MR) is 124 cm³/mol. The Balaban J connectivity index is 1.53. The lowest BCUT2D eigenvalue weighted by molar-refractivity contribution is 0.0734. The minimum Gasteiger partial charge on any atom is -0.423 e. The number of benzene rings is 2. The lowest BCUT2D eigenvalue weighted by atomic mass is 10.1. The third kappa shape index (κ3) is 4.49. The maximum atomic E-state index is 13.0. The molecule has 0 aliphatic heterocycles. The van der Waals surface area contributed by atoms with Crippen molar-refractivity contribution < 1.29 is 17.9 Å². The Morgan fingerprint density at radius 1 is 0.970 bits per heavy atom. The van der Waals surface area contributed by atoms with E-state index in [1.165, 1.54) is 16.0 Å². The van der Waals surface area contributed by atoms with E-state index in [1.54, 1.807) is 79.3 Å². The summed E-state index contributed by atoms with van der Waals surface area (Å²) in [5.74, 6) is 0.0248. The summed E-state index contributed by atoms with van der Waals surface area (Å²) in [6.07, 6.45) is 4.83. The highest BCUT2D eigenvalue weighted by Crippen LogP contribution is 2.26. The number of nitrogens with zero attached hydrogens (tertiary/aromatic N) is 4. The van der Waals surface area contributed by atoms with E-state index in [0.29, 0.717) is 11.5 Å². The molecule has 9 heteroatoms. The fourth-order valence-electron chi connectivity index (χ4n) is 3.19. The van der Waals surface area contributed by atoms with Gasteiger partial charge in [-0.15, -0.1) is 0 Å². The molecule has 0 aliphatic carbocycles. The topological polar surface area (TPSA) is 94.4 Å². The summed E-state index contributed by atoms with van der Waals surface area (Å²) in [6.45, 7) is 3.80. The zero-order valence-corrected chi connectivity index (χ0v) is 19.2. The number of rotatable bonds is 6. The van der Waals surface area contributed by atoms with Gasteiger partial charge in [-0.05, 0) is 79.6 Å². The highest BCUT2D eigenvalue weighted by Gasteiger charge is 2.22. The predicted octanol–water partition coefficient (Wildman–Crippen LogP) is 3.93.